The van der Waals surface area contributed by atoms with Gasteiger partial charge in [0.05, 0.1) is 0 Å². The smallest absolute Gasteiger partial charge is 0.231 e. The molecule has 0 aliphatic carbocycles. The second-order valence-corrected chi connectivity index (χ2v) is 3.22. The van der Waals surface area contributed by atoms with Crippen LogP contribution in [-0.2, 0) is 6.37 Å². The lowest BCUT2D eigenvalue weighted by atomic mass is 10.1. The Balaban J connectivity index is 2.34. The second-order valence-electron chi connectivity index (χ2n) is 3.22. The van der Waals surface area contributed by atoms with Crippen LogP contribution in [0.1, 0.15) is 15.2 Å². The monoisotopic (exact) mass is 195 g/mol. The van der Waals surface area contributed by atoms with Crippen molar-refractivity contribution in [1.29, 1.82) is 0 Å². The second kappa shape index (κ2) is 3.88. The van der Waals surface area contributed by atoms with Crippen molar-refractivity contribution in [3.8, 4) is 11.5 Å². The van der Waals surface area contributed by atoms with Gasteiger partial charge < -0.3 is 14.8 Å². The zero-order valence-corrected chi connectivity index (χ0v) is 8.33. The van der Waals surface area contributed by atoms with E-state index in [0.717, 1.165) is 0 Å². The maximum Gasteiger partial charge on any atom is 0.231 e. The quantitative estimate of drug-likeness (QED) is 0.794. The SMILES string of the molecule is [2H]C([2H])(c1ccc2c(c1)OCO2)C(C)NC. The molecule has 1 unspecified atom stereocenters. The molecule has 3 heteroatoms. The number of rotatable bonds is 3. The van der Waals surface area contributed by atoms with Gasteiger partial charge in [-0.25, -0.2) is 0 Å². The first-order valence-electron chi connectivity index (χ1n) is 5.63. The fourth-order valence-electron chi connectivity index (χ4n) is 1.31. The van der Waals surface area contributed by atoms with Crippen molar-refractivity contribution < 1.29 is 12.2 Å². The van der Waals surface area contributed by atoms with E-state index in [-0.39, 0.29) is 12.8 Å². The van der Waals surface area contributed by atoms with E-state index in [1.165, 1.54) is 0 Å². The Hall–Kier alpha value is -1.22. The molecule has 0 radical (unpaired) electrons. The van der Waals surface area contributed by atoms with Crippen LogP contribution >= 0.6 is 0 Å². The largest absolute Gasteiger partial charge is 0.454 e. The van der Waals surface area contributed by atoms with Gasteiger partial charge in [-0.2, -0.15) is 0 Å². The lowest BCUT2D eigenvalue weighted by molar-refractivity contribution is 0.174. The highest BCUT2D eigenvalue weighted by Crippen LogP contribution is 2.32. The van der Waals surface area contributed by atoms with Crippen molar-refractivity contribution in [3.63, 3.8) is 0 Å². The van der Waals surface area contributed by atoms with Crippen molar-refractivity contribution in [2.24, 2.45) is 0 Å². The van der Waals surface area contributed by atoms with Gasteiger partial charge in [-0.3, -0.25) is 0 Å². The summed E-state index contributed by atoms with van der Waals surface area (Å²) in [6, 6.07) is 4.92. The van der Waals surface area contributed by atoms with Gasteiger partial charge in [0, 0.05) is 8.78 Å². The zero-order chi connectivity index (χ0) is 11.8. The Morgan fingerprint density at radius 2 is 2.29 bits per heavy atom. The zero-order valence-electron chi connectivity index (χ0n) is 10.3. The fourth-order valence-corrected chi connectivity index (χ4v) is 1.31. The van der Waals surface area contributed by atoms with Gasteiger partial charge >= 0.3 is 0 Å². The molecule has 1 aromatic rings. The Labute approximate surface area is 86.8 Å². The molecule has 0 saturated heterocycles. The number of fused-ring (bicyclic) bond motifs is 1. The summed E-state index contributed by atoms with van der Waals surface area (Å²) in [6.07, 6.45) is -1.43. The van der Waals surface area contributed by atoms with Crippen LogP contribution < -0.4 is 14.8 Å². The third-order valence-corrected chi connectivity index (χ3v) is 2.19. The molecule has 1 aromatic carbocycles. The minimum atomic E-state index is -1.43. The summed E-state index contributed by atoms with van der Waals surface area (Å²) in [7, 11) is 1.75. The third kappa shape index (κ3) is 1.82. The number of benzene rings is 1. The molecule has 76 valence electrons. The molecule has 0 saturated carbocycles. The molecule has 0 fully saturated rings. The maximum atomic E-state index is 8.04. The molecular formula is C11H15NO2. The summed E-state index contributed by atoms with van der Waals surface area (Å²) in [5.41, 5.74) is 0.596. The van der Waals surface area contributed by atoms with Gasteiger partial charge in [0.25, 0.3) is 0 Å². The number of nitrogens with one attached hydrogen (secondary N) is 1. The molecule has 1 heterocycles. The predicted molar refractivity (Wildman–Crippen MR) is 54.8 cm³/mol. The number of likely N-dealkylation sites (N-methyl/N-ethyl adjacent to an activating group) is 1. The molecule has 0 aromatic heterocycles. The van der Waals surface area contributed by atoms with Crippen molar-refractivity contribution in [2.45, 2.75) is 19.3 Å². The average Bonchev–Trinajstić information content (AvgIpc) is 2.74. The van der Waals surface area contributed by atoms with Gasteiger partial charge in [0.15, 0.2) is 11.5 Å². The van der Waals surface area contributed by atoms with Crippen molar-refractivity contribution in [1.82, 2.24) is 5.32 Å². The first kappa shape index (κ1) is 7.12. The van der Waals surface area contributed by atoms with Gasteiger partial charge in [-0.05, 0) is 38.0 Å². The van der Waals surface area contributed by atoms with E-state index < -0.39 is 6.37 Å². The van der Waals surface area contributed by atoms with Crippen molar-refractivity contribution >= 4 is 0 Å². The molecule has 1 aliphatic heterocycles. The third-order valence-electron chi connectivity index (χ3n) is 2.19. The van der Waals surface area contributed by atoms with Gasteiger partial charge in [0.1, 0.15) is 0 Å². The Morgan fingerprint density at radius 1 is 1.50 bits per heavy atom. The Morgan fingerprint density at radius 3 is 3.07 bits per heavy atom. The van der Waals surface area contributed by atoms with Crippen molar-refractivity contribution in [3.05, 3.63) is 23.8 Å². The predicted octanol–water partition coefficient (Wildman–Crippen LogP) is 1.57. The van der Waals surface area contributed by atoms with Crippen LogP contribution in [0.5, 0.6) is 11.5 Å². The van der Waals surface area contributed by atoms with Crippen LogP contribution in [0.4, 0.5) is 0 Å². The van der Waals surface area contributed by atoms with Crippen LogP contribution in [0, 0.1) is 0 Å². The summed E-state index contributed by atoms with van der Waals surface area (Å²) in [5.74, 6) is 1.29. The van der Waals surface area contributed by atoms with E-state index in [0.29, 0.717) is 17.1 Å². The summed E-state index contributed by atoms with van der Waals surface area (Å²) in [5, 5.41) is 2.92. The molecule has 1 aliphatic rings. The first-order chi connectivity index (χ1) is 7.55. The van der Waals surface area contributed by atoms with Crippen LogP contribution in [0.15, 0.2) is 18.2 Å². The fraction of sp³-hybridized carbons (Fsp3) is 0.455. The molecule has 0 amide bonds. The highest BCUT2D eigenvalue weighted by molar-refractivity contribution is 5.44. The highest BCUT2D eigenvalue weighted by atomic mass is 16.7. The van der Waals surface area contributed by atoms with Crippen LogP contribution in [0.2, 0.25) is 0 Å². The lowest BCUT2D eigenvalue weighted by Gasteiger charge is -2.09. The summed E-state index contributed by atoms with van der Waals surface area (Å²) in [6.45, 7) is 2.02. The lowest BCUT2D eigenvalue weighted by Crippen LogP contribution is -2.23. The summed E-state index contributed by atoms with van der Waals surface area (Å²) in [4.78, 5) is 0. The molecule has 1 N–H and O–H groups in total. The highest BCUT2D eigenvalue weighted by Gasteiger charge is 2.13. The van der Waals surface area contributed by atoms with Crippen LogP contribution in [0.25, 0.3) is 0 Å². The molecule has 0 bridgehead atoms. The minimum Gasteiger partial charge on any atom is -0.454 e. The summed E-state index contributed by atoms with van der Waals surface area (Å²) >= 11 is 0. The molecule has 0 spiro atoms. The Kier molecular flexibility index (Phi) is 1.97. The van der Waals surface area contributed by atoms with E-state index in [9.17, 15) is 0 Å². The number of ether oxygens (including phenoxy) is 2. The average molecular weight is 195 g/mol. The first-order valence-corrected chi connectivity index (χ1v) is 4.63. The Bertz CT molecular complexity index is 396. The van der Waals surface area contributed by atoms with Gasteiger partial charge in [0.2, 0.25) is 6.79 Å². The molecule has 1 atom stereocenters. The van der Waals surface area contributed by atoms with Crippen LogP contribution in [-0.4, -0.2) is 19.9 Å². The van der Waals surface area contributed by atoms with E-state index >= 15 is 0 Å². The molecule has 14 heavy (non-hydrogen) atoms. The minimum absolute atomic E-state index is 0.212. The number of hydrogen-bond donors (Lipinski definition) is 1. The van der Waals surface area contributed by atoms with E-state index in [1.807, 2.05) is 6.92 Å². The van der Waals surface area contributed by atoms with Gasteiger partial charge in [-0.1, -0.05) is 6.07 Å². The van der Waals surface area contributed by atoms with Gasteiger partial charge in [-0.15, -0.1) is 0 Å². The van der Waals surface area contributed by atoms with E-state index in [2.05, 4.69) is 5.32 Å². The standard InChI is InChI=1S/C11H15NO2/c1-8(12-2)5-9-3-4-10-11(6-9)14-7-13-10/h3-4,6,8,12H,5,7H2,1-2H3/i5D2. The van der Waals surface area contributed by atoms with Crippen LogP contribution in [0.3, 0.4) is 0 Å². The van der Waals surface area contributed by atoms with E-state index in [1.54, 1.807) is 25.2 Å². The van der Waals surface area contributed by atoms with E-state index in [4.69, 9.17) is 12.2 Å². The van der Waals surface area contributed by atoms with Crippen molar-refractivity contribution in [2.75, 3.05) is 13.8 Å². The molecule has 2 rings (SSSR count). The topological polar surface area (TPSA) is 30.5 Å². The molecular weight excluding hydrogens is 178 g/mol. The normalized spacial score (nSPS) is 18.7. The number of hydrogen-bond acceptors (Lipinski definition) is 3. The summed E-state index contributed by atoms with van der Waals surface area (Å²) < 4.78 is 26.5. The molecule has 3 nitrogen and oxygen atoms in total. The maximum absolute atomic E-state index is 8.04.